The Bertz CT molecular complexity index is 1310. The highest BCUT2D eigenvalue weighted by Crippen LogP contribution is 2.17. The zero-order valence-corrected chi connectivity index (χ0v) is 43.0. The van der Waals surface area contributed by atoms with E-state index in [-0.39, 0.29) is 24.9 Å². The Balaban J connectivity index is 4.70. The number of aliphatic hydroxyl groups is 2. The minimum Gasteiger partial charge on any atom is -0.461 e. The maximum Gasteiger partial charge on any atom is 0.306 e. The molecular weight excluding hydrogens is 815 g/mol. The lowest BCUT2D eigenvalue weighted by Gasteiger charge is -2.24. The molecule has 0 bridgehead atoms. The Morgan fingerprint density at radius 1 is 0.485 bits per heavy atom. The molecule has 3 atom stereocenters. The van der Waals surface area contributed by atoms with Crippen LogP contribution >= 0.6 is 0 Å². The summed E-state index contributed by atoms with van der Waals surface area (Å²) in [7, 11) is 0. The molecule has 0 saturated heterocycles. The lowest BCUT2D eigenvalue weighted by molar-refractivity contribution is -0.150. The third-order valence-corrected chi connectivity index (χ3v) is 12.0. The van der Waals surface area contributed by atoms with Crippen LogP contribution in [0.5, 0.6) is 0 Å². The van der Waals surface area contributed by atoms with Crippen LogP contribution in [-0.4, -0.2) is 46.9 Å². The predicted octanol–water partition coefficient (Wildman–Crippen LogP) is 16.9. The first-order valence-electron chi connectivity index (χ1n) is 27.5. The van der Waals surface area contributed by atoms with Gasteiger partial charge in [0.25, 0.3) is 0 Å². The van der Waals surface area contributed by atoms with Gasteiger partial charge >= 0.3 is 5.97 Å². The topological polar surface area (TPSA) is 95.9 Å². The summed E-state index contributed by atoms with van der Waals surface area (Å²) in [5.41, 5.74) is 0. The summed E-state index contributed by atoms with van der Waals surface area (Å²) in [5.74, 6) is -0.607. The maximum atomic E-state index is 13.2. The number of nitrogens with one attached hydrogen (secondary N) is 1. The Labute approximate surface area is 407 Å². The molecular formula is C60H103NO5. The van der Waals surface area contributed by atoms with Crippen LogP contribution in [0.15, 0.2) is 97.2 Å². The van der Waals surface area contributed by atoms with Gasteiger partial charge in [-0.2, -0.15) is 0 Å². The average molecular weight is 918 g/mol. The van der Waals surface area contributed by atoms with Crippen LogP contribution in [0, 0.1) is 0 Å². The van der Waals surface area contributed by atoms with E-state index in [1.54, 1.807) is 0 Å². The Hall–Kier alpha value is -3.22. The number of carbonyl (C=O) groups is 2. The molecule has 6 nitrogen and oxygen atoms in total. The molecule has 0 aliphatic heterocycles. The van der Waals surface area contributed by atoms with Gasteiger partial charge in [0, 0.05) is 12.8 Å². The van der Waals surface area contributed by atoms with E-state index >= 15 is 0 Å². The summed E-state index contributed by atoms with van der Waals surface area (Å²) >= 11 is 0. The molecule has 0 fully saturated rings. The van der Waals surface area contributed by atoms with Gasteiger partial charge in [-0.15, -0.1) is 0 Å². The number of hydrogen-bond acceptors (Lipinski definition) is 5. The first-order chi connectivity index (χ1) is 32.5. The number of allylic oxidation sites excluding steroid dienone is 15. The molecule has 6 heteroatoms. The Morgan fingerprint density at radius 2 is 0.909 bits per heavy atom. The van der Waals surface area contributed by atoms with Crippen LogP contribution in [0.3, 0.4) is 0 Å². The van der Waals surface area contributed by atoms with Crippen molar-refractivity contribution in [2.45, 2.75) is 264 Å². The number of amides is 1. The highest BCUT2D eigenvalue weighted by Gasteiger charge is 2.23. The summed E-state index contributed by atoms with van der Waals surface area (Å²) in [6, 6.07) is -0.742. The summed E-state index contributed by atoms with van der Waals surface area (Å²) in [6.07, 6.45) is 70.5. The van der Waals surface area contributed by atoms with Crippen molar-refractivity contribution >= 4 is 11.9 Å². The van der Waals surface area contributed by atoms with E-state index in [0.717, 1.165) is 83.5 Å². The van der Waals surface area contributed by atoms with Crippen LogP contribution in [0.25, 0.3) is 0 Å². The van der Waals surface area contributed by atoms with Crippen LogP contribution in [0.2, 0.25) is 0 Å². The molecule has 0 rings (SSSR count). The third kappa shape index (κ3) is 47.3. The van der Waals surface area contributed by atoms with Crippen molar-refractivity contribution in [1.82, 2.24) is 5.32 Å². The standard InChI is InChI=1S/C60H103NO5/c1-4-7-10-13-16-19-22-25-28-29-32-34-37-40-43-46-49-52-58(63)57(55-62)61-59(64)54-56(51-48-45-42-39-36-33-30-26-23-20-17-14-11-8-5-2)66-60(65)53-50-47-44-41-38-35-31-27-24-21-18-15-12-9-6-3/h9,12,15,17-18,20-21,24,26-27,30-31,36,39,45,48,56-58,62-63H,4-8,10-11,13-14,16,19,22-23,25,28-29,32-35,37-38,40-44,46-47,49-55H2,1-3H3,(H,61,64)/b12-9+,18-15+,20-17-,24-21+,30-26-,31-27-,39-36-,48-45-. The molecule has 66 heavy (non-hydrogen) atoms. The van der Waals surface area contributed by atoms with Gasteiger partial charge in [-0.05, 0) is 64.2 Å². The van der Waals surface area contributed by atoms with Gasteiger partial charge < -0.3 is 20.3 Å². The van der Waals surface area contributed by atoms with Crippen LogP contribution in [-0.2, 0) is 14.3 Å². The molecule has 0 spiro atoms. The SMILES string of the molecule is CC/C=C/C=C/C=C/C=C\CCCCCCCC(=O)OC(C/C=C\C/C=C\C/C=C\C/C=C\CCCCC)CC(=O)NC(CO)C(O)CCCCCCCCCCCCCCCCCCC. The average Bonchev–Trinajstić information content (AvgIpc) is 3.31. The molecule has 3 N–H and O–H groups in total. The molecule has 0 aromatic heterocycles. The third-order valence-electron chi connectivity index (χ3n) is 12.0. The number of rotatable bonds is 48. The number of aliphatic hydroxyl groups excluding tert-OH is 2. The van der Waals surface area contributed by atoms with Crippen molar-refractivity contribution in [3.63, 3.8) is 0 Å². The summed E-state index contributed by atoms with van der Waals surface area (Å²) in [4.78, 5) is 26.2. The van der Waals surface area contributed by atoms with Gasteiger partial charge in [0.15, 0.2) is 0 Å². The van der Waals surface area contributed by atoms with Crippen molar-refractivity contribution in [2.24, 2.45) is 0 Å². The van der Waals surface area contributed by atoms with Gasteiger partial charge in [0.2, 0.25) is 5.91 Å². The maximum absolute atomic E-state index is 13.2. The molecule has 0 aliphatic rings. The fourth-order valence-electron chi connectivity index (χ4n) is 7.83. The zero-order valence-electron chi connectivity index (χ0n) is 43.0. The second-order valence-electron chi connectivity index (χ2n) is 18.4. The minimum absolute atomic E-state index is 0.0129. The highest BCUT2D eigenvalue weighted by molar-refractivity contribution is 5.77. The van der Waals surface area contributed by atoms with E-state index in [4.69, 9.17) is 4.74 Å². The fraction of sp³-hybridized carbons (Fsp3) is 0.700. The summed E-state index contributed by atoms with van der Waals surface area (Å²) < 4.78 is 5.87. The number of unbranched alkanes of at least 4 members (excludes halogenated alkanes) is 24. The van der Waals surface area contributed by atoms with E-state index in [9.17, 15) is 19.8 Å². The lowest BCUT2D eigenvalue weighted by atomic mass is 10.0. The molecule has 3 unspecified atom stereocenters. The summed E-state index contributed by atoms with van der Waals surface area (Å²) in [6.45, 7) is 6.29. The van der Waals surface area contributed by atoms with E-state index in [2.05, 4.69) is 92.9 Å². The number of hydrogen-bond donors (Lipinski definition) is 3. The molecule has 0 saturated carbocycles. The fourth-order valence-corrected chi connectivity index (χ4v) is 7.83. The lowest BCUT2D eigenvalue weighted by Crippen LogP contribution is -2.46. The quantitative estimate of drug-likeness (QED) is 0.0245. The van der Waals surface area contributed by atoms with Gasteiger partial charge in [-0.25, -0.2) is 0 Å². The molecule has 0 radical (unpaired) electrons. The second-order valence-corrected chi connectivity index (χ2v) is 18.4. The van der Waals surface area contributed by atoms with Crippen molar-refractivity contribution in [2.75, 3.05) is 6.61 Å². The van der Waals surface area contributed by atoms with Crippen LogP contribution in [0.1, 0.15) is 245 Å². The first-order valence-corrected chi connectivity index (χ1v) is 27.5. The van der Waals surface area contributed by atoms with E-state index in [0.29, 0.717) is 19.3 Å². The van der Waals surface area contributed by atoms with E-state index in [1.807, 2.05) is 30.4 Å². The van der Waals surface area contributed by atoms with Crippen LogP contribution < -0.4 is 5.32 Å². The Kier molecular flexibility index (Phi) is 50.2. The monoisotopic (exact) mass is 918 g/mol. The van der Waals surface area contributed by atoms with Gasteiger partial charge in [0.1, 0.15) is 6.10 Å². The molecule has 0 aliphatic carbocycles. The van der Waals surface area contributed by atoms with Gasteiger partial charge in [-0.3, -0.25) is 9.59 Å². The molecule has 0 aromatic rings. The van der Waals surface area contributed by atoms with E-state index in [1.165, 1.54) is 116 Å². The second kappa shape index (κ2) is 52.7. The first kappa shape index (κ1) is 62.8. The van der Waals surface area contributed by atoms with Crippen molar-refractivity contribution in [3.8, 4) is 0 Å². The normalized spacial score (nSPS) is 14.0. The van der Waals surface area contributed by atoms with Crippen LogP contribution in [0.4, 0.5) is 0 Å². The smallest absolute Gasteiger partial charge is 0.306 e. The minimum atomic E-state index is -0.821. The number of esters is 1. The largest absolute Gasteiger partial charge is 0.461 e. The number of carbonyl (C=O) groups excluding carboxylic acids is 2. The van der Waals surface area contributed by atoms with Gasteiger partial charge in [-0.1, -0.05) is 259 Å². The van der Waals surface area contributed by atoms with E-state index < -0.39 is 18.2 Å². The molecule has 378 valence electrons. The number of ether oxygens (including phenoxy) is 1. The molecule has 0 heterocycles. The summed E-state index contributed by atoms with van der Waals surface area (Å²) in [5, 5.41) is 23.8. The van der Waals surface area contributed by atoms with Crippen molar-refractivity contribution < 1.29 is 24.5 Å². The Morgan fingerprint density at radius 3 is 1.45 bits per heavy atom. The zero-order chi connectivity index (χ0) is 48.1. The van der Waals surface area contributed by atoms with Crippen molar-refractivity contribution in [1.29, 1.82) is 0 Å². The highest BCUT2D eigenvalue weighted by atomic mass is 16.5. The van der Waals surface area contributed by atoms with Crippen molar-refractivity contribution in [3.05, 3.63) is 97.2 Å². The van der Waals surface area contributed by atoms with Gasteiger partial charge in [0.05, 0.1) is 25.2 Å². The molecule has 0 aromatic carbocycles. The molecule has 1 amide bonds. The predicted molar refractivity (Wildman–Crippen MR) is 287 cm³/mol.